The number of benzene rings is 2. The summed E-state index contributed by atoms with van der Waals surface area (Å²) in [5, 5.41) is 16.1. The monoisotopic (exact) mass is 514 g/mol. The number of carbonyl (C=O) groups is 1. The normalized spacial score (nSPS) is 15.8. The summed E-state index contributed by atoms with van der Waals surface area (Å²) in [4.78, 5) is 20.1. The fourth-order valence-electron chi connectivity index (χ4n) is 5.33. The van der Waals surface area contributed by atoms with Gasteiger partial charge in [-0.15, -0.1) is 0 Å². The first-order valence-electron chi connectivity index (χ1n) is 12.3. The second-order valence-corrected chi connectivity index (χ2v) is 10.0. The Morgan fingerprint density at radius 3 is 2.65 bits per heavy atom. The zero-order valence-electron chi connectivity index (χ0n) is 20.3. The van der Waals surface area contributed by atoms with E-state index in [9.17, 15) is 10.1 Å². The van der Waals surface area contributed by atoms with Crippen LogP contribution in [0.5, 0.6) is 0 Å². The maximum atomic E-state index is 16.4. The lowest BCUT2D eigenvalue weighted by Gasteiger charge is -2.36. The molecule has 186 valence electrons. The molecule has 2 aromatic heterocycles. The third-order valence-electron chi connectivity index (χ3n) is 7.34. The van der Waals surface area contributed by atoms with Crippen molar-refractivity contribution in [2.24, 2.45) is 0 Å². The molecule has 0 unspecified atom stereocenters. The van der Waals surface area contributed by atoms with Gasteiger partial charge in [0.1, 0.15) is 11.6 Å². The molecule has 0 radical (unpaired) electrons. The largest absolute Gasteiger partial charge is 0.366 e. The summed E-state index contributed by atoms with van der Waals surface area (Å²) in [6.45, 7) is 7.43. The second-order valence-electron chi connectivity index (χ2n) is 9.61. The quantitative estimate of drug-likeness (QED) is 0.341. The van der Waals surface area contributed by atoms with Gasteiger partial charge in [-0.3, -0.25) is 14.5 Å². The molecule has 1 saturated carbocycles. The Balaban J connectivity index is 1.53. The van der Waals surface area contributed by atoms with Crippen LogP contribution in [-0.4, -0.2) is 51.8 Å². The van der Waals surface area contributed by atoms with Crippen LogP contribution in [0, 0.1) is 24.1 Å². The molecule has 1 amide bonds. The minimum absolute atomic E-state index is 0.131. The fraction of sp³-hybridized carbons (Fsp3) is 0.286. The molecular formula is C28H24ClFN6O. The number of hydrogen-bond donors (Lipinski definition) is 0. The highest BCUT2D eigenvalue weighted by Gasteiger charge is 2.30. The van der Waals surface area contributed by atoms with E-state index in [1.165, 1.54) is 12.3 Å². The van der Waals surface area contributed by atoms with Gasteiger partial charge in [-0.05, 0) is 37.5 Å². The first-order valence-corrected chi connectivity index (χ1v) is 12.6. The molecule has 2 aliphatic rings. The van der Waals surface area contributed by atoms with Gasteiger partial charge in [-0.1, -0.05) is 30.3 Å². The van der Waals surface area contributed by atoms with E-state index in [-0.39, 0.29) is 16.4 Å². The molecule has 0 N–H and O–H groups in total. The summed E-state index contributed by atoms with van der Waals surface area (Å²) in [5.74, 6) is -0.652. The van der Waals surface area contributed by atoms with E-state index in [1.54, 1.807) is 11.0 Å². The molecule has 3 heterocycles. The Morgan fingerprint density at radius 1 is 1.22 bits per heavy atom. The number of hydrogen-bond acceptors (Lipinski definition) is 5. The predicted octanol–water partition coefficient (Wildman–Crippen LogP) is 5.39. The molecule has 0 atom stereocenters. The van der Waals surface area contributed by atoms with Crippen LogP contribution in [0.2, 0.25) is 5.02 Å². The summed E-state index contributed by atoms with van der Waals surface area (Å²) in [6.07, 6.45) is 6.63. The number of carbonyl (C=O) groups excluding carboxylic acids is 1. The standard InChI is InChI=1S/C28H24ClFN6O/c1-3-22(37)34-8-10-35(11-9-34)27-18(13-31)14-32-26-20(27)12-21(29)24(25(26)30)23-16(2)4-5-17-15-33-36(28(17)23)19-6-7-19/h3-5,12,14-15,19H,1,6-11H2,2H3. The van der Waals surface area contributed by atoms with Crippen molar-refractivity contribution in [3.8, 4) is 17.2 Å². The number of nitrogens with zero attached hydrogens (tertiary/aromatic N) is 6. The van der Waals surface area contributed by atoms with Crippen LogP contribution in [0.15, 0.2) is 43.2 Å². The van der Waals surface area contributed by atoms with Gasteiger partial charge in [0, 0.05) is 54.3 Å². The summed E-state index contributed by atoms with van der Waals surface area (Å²) >= 11 is 6.86. The van der Waals surface area contributed by atoms with Crippen molar-refractivity contribution in [3.05, 3.63) is 65.2 Å². The zero-order chi connectivity index (χ0) is 25.8. The maximum Gasteiger partial charge on any atom is 0.246 e. The van der Waals surface area contributed by atoms with Crippen LogP contribution < -0.4 is 4.90 Å². The van der Waals surface area contributed by atoms with Crippen molar-refractivity contribution in [1.82, 2.24) is 19.7 Å². The first-order chi connectivity index (χ1) is 17.9. The third kappa shape index (κ3) is 3.73. The number of piperazine rings is 1. The number of amides is 1. The van der Waals surface area contributed by atoms with Crippen molar-refractivity contribution in [3.63, 3.8) is 0 Å². The van der Waals surface area contributed by atoms with Crippen molar-refractivity contribution in [2.45, 2.75) is 25.8 Å². The summed E-state index contributed by atoms with van der Waals surface area (Å²) < 4.78 is 18.4. The maximum absolute atomic E-state index is 16.4. The Labute approximate surface area is 218 Å². The van der Waals surface area contributed by atoms with Crippen LogP contribution in [0.25, 0.3) is 32.9 Å². The molecule has 2 aromatic carbocycles. The van der Waals surface area contributed by atoms with Crippen LogP contribution in [-0.2, 0) is 4.79 Å². The number of fused-ring (bicyclic) bond motifs is 2. The van der Waals surface area contributed by atoms with E-state index in [0.717, 1.165) is 34.9 Å². The van der Waals surface area contributed by atoms with Gasteiger partial charge in [0.15, 0.2) is 5.82 Å². The molecule has 0 bridgehead atoms. The van der Waals surface area contributed by atoms with E-state index < -0.39 is 5.82 Å². The van der Waals surface area contributed by atoms with Crippen LogP contribution in [0.1, 0.15) is 30.0 Å². The van der Waals surface area contributed by atoms with E-state index in [1.807, 2.05) is 34.8 Å². The minimum Gasteiger partial charge on any atom is -0.366 e. The van der Waals surface area contributed by atoms with E-state index in [2.05, 4.69) is 22.7 Å². The van der Waals surface area contributed by atoms with Crippen molar-refractivity contribution < 1.29 is 9.18 Å². The average molecular weight is 515 g/mol. The van der Waals surface area contributed by atoms with Crippen molar-refractivity contribution in [2.75, 3.05) is 31.1 Å². The zero-order valence-corrected chi connectivity index (χ0v) is 21.1. The van der Waals surface area contributed by atoms with Crippen LogP contribution in [0.4, 0.5) is 10.1 Å². The molecule has 9 heteroatoms. The Morgan fingerprint density at radius 2 is 1.97 bits per heavy atom. The Bertz CT molecular complexity index is 1640. The van der Waals surface area contributed by atoms with E-state index in [4.69, 9.17) is 11.6 Å². The lowest BCUT2D eigenvalue weighted by molar-refractivity contribution is -0.126. The Kier molecular flexibility index (Phi) is 5.61. The smallest absolute Gasteiger partial charge is 0.246 e. The van der Waals surface area contributed by atoms with E-state index in [0.29, 0.717) is 54.4 Å². The van der Waals surface area contributed by atoms with Crippen molar-refractivity contribution >= 4 is 45.0 Å². The molecule has 6 rings (SSSR count). The summed E-state index contributed by atoms with van der Waals surface area (Å²) in [7, 11) is 0. The van der Waals surface area contributed by atoms with Crippen LogP contribution in [0.3, 0.4) is 0 Å². The van der Waals surface area contributed by atoms with Gasteiger partial charge in [0.25, 0.3) is 0 Å². The SMILES string of the molecule is C=CC(=O)N1CCN(c2c(C#N)cnc3c(F)c(-c4c(C)ccc5cnn(C6CC6)c45)c(Cl)cc23)CC1. The molecule has 1 saturated heterocycles. The highest BCUT2D eigenvalue weighted by molar-refractivity contribution is 6.35. The van der Waals surface area contributed by atoms with Gasteiger partial charge in [-0.2, -0.15) is 10.4 Å². The third-order valence-corrected chi connectivity index (χ3v) is 7.64. The van der Waals surface area contributed by atoms with Gasteiger partial charge in [0.2, 0.25) is 5.91 Å². The lowest BCUT2D eigenvalue weighted by atomic mass is 9.95. The molecule has 7 nitrogen and oxygen atoms in total. The fourth-order valence-corrected chi connectivity index (χ4v) is 5.62. The number of nitriles is 1. The number of rotatable bonds is 4. The lowest BCUT2D eigenvalue weighted by Crippen LogP contribution is -2.48. The molecule has 0 spiro atoms. The molecule has 2 fully saturated rings. The topological polar surface area (TPSA) is 78.1 Å². The predicted molar refractivity (Wildman–Crippen MR) is 142 cm³/mol. The molecule has 4 aromatic rings. The second kappa shape index (κ2) is 8.86. The number of aromatic nitrogens is 3. The van der Waals surface area contributed by atoms with Crippen molar-refractivity contribution in [1.29, 1.82) is 5.26 Å². The number of aryl methyl sites for hydroxylation is 1. The minimum atomic E-state index is -0.521. The summed E-state index contributed by atoms with van der Waals surface area (Å²) in [6, 6.07) is 8.18. The summed E-state index contributed by atoms with van der Waals surface area (Å²) in [5.41, 5.74) is 3.87. The molecule has 1 aliphatic heterocycles. The van der Waals surface area contributed by atoms with Gasteiger partial charge in [0.05, 0.1) is 34.0 Å². The number of anilines is 1. The highest BCUT2D eigenvalue weighted by atomic mass is 35.5. The van der Waals surface area contributed by atoms with Gasteiger partial charge in [-0.25, -0.2) is 4.39 Å². The number of pyridine rings is 1. The molecular weight excluding hydrogens is 491 g/mol. The highest BCUT2D eigenvalue weighted by Crippen LogP contribution is 2.45. The molecule has 37 heavy (non-hydrogen) atoms. The van der Waals surface area contributed by atoms with Crippen LogP contribution >= 0.6 is 11.6 Å². The average Bonchev–Trinajstić information content (AvgIpc) is 3.67. The molecule has 1 aliphatic carbocycles. The first kappa shape index (κ1) is 23.4. The van der Waals surface area contributed by atoms with Gasteiger partial charge < -0.3 is 9.80 Å². The Hall–Kier alpha value is -3.96. The van der Waals surface area contributed by atoms with Gasteiger partial charge >= 0.3 is 0 Å². The van der Waals surface area contributed by atoms with E-state index >= 15 is 4.39 Å². The number of halogens is 2.